The largest absolute Gasteiger partial charge is 0.360 e. The zero-order chi connectivity index (χ0) is 20.7. The molecule has 0 saturated carbocycles. The van der Waals surface area contributed by atoms with Crippen LogP contribution in [0.15, 0.2) is 54.0 Å². The number of carbonyl (C=O) groups excluding carboxylic acids is 2. The van der Waals surface area contributed by atoms with Crippen LogP contribution in [0, 0.1) is 0 Å². The van der Waals surface area contributed by atoms with Crippen LogP contribution in [0.5, 0.6) is 0 Å². The number of anilines is 1. The molecule has 2 atom stereocenters. The maximum absolute atomic E-state index is 13.1. The predicted molar refractivity (Wildman–Crippen MR) is 116 cm³/mol. The number of amides is 2. The Hall–Kier alpha value is -3.43. The molecule has 3 aromatic heterocycles. The zero-order valence-corrected chi connectivity index (χ0v) is 17.0. The molecule has 1 saturated heterocycles. The summed E-state index contributed by atoms with van der Waals surface area (Å²) in [6.45, 7) is 1.94. The van der Waals surface area contributed by atoms with Crippen molar-refractivity contribution in [2.45, 2.75) is 25.7 Å². The van der Waals surface area contributed by atoms with E-state index >= 15 is 0 Å². The average Bonchev–Trinajstić information content (AvgIpc) is 3.46. The van der Waals surface area contributed by atoms with Gasteiger partial charge in [-0.2, -0.15) is 5.10 Å². The maximum Gasteiger partial charge on any atom is 0.258 e. The number of rotatable bonds is 4. The number of carbonyl (C=O) groups is 2. The van der Waals surface area contributed by atoms with Crippen LogP contribution >= 0.6 is 11.3 Å². The number of aromatic amines is 1. The Morgan fingerprint density at radius 3 is 2.93 bits per heavy atom. The fourth-order valence-corrected chi connectivity index (χ4v) is 4.35. The fourth-order valence-electron chi connectivity index (χ4n) is 3.66. The first kappa shape index (κ1) is 18.6. The van der Waals surface area contributed by atoms with Crippen LogP contribution in [-0.2, 0) is 4.79 Å². The molecule has 152 valence electrons. The van der Waals surface area contributed by atoms with Gasteiger partial charge in [0.2, 0.25) is 5.91 Å². The van der Waals surface area contributed by atoms with E-state index in [9.17, 15) is 9.59 Å². The van der Waals surface area contributed by atoms with Crippen molar-refractivity contribution in [2.75, 3.05) is 5.32 Å². The molecular formula is C21H20N6O2S. The van der Waals surface area contributed by atoms with Gasteiger partial charge in [0.05, 0.1) is 10.4 Å². The van der Waals surface area contributed by atoms with Gasteiger partial charge in [0.15, 0.2) is 6.29 Å². The summed E-state index contributed by atoms with van der Waals surface area (Å²) in [6, 6.07) is 13.4. The Balaban J connectivity index is 1.51. The van der Waals surface area contributed by atoms with Crippen molar-refractivity contribution in [3.8, 4) is 10.6 Å². The average molecular weight is 420 g/mol. The normalized spacial score (nSPS) is 19.0. The number of H-pyrrole nitrogens is 1. The fraction of sp³-hybridized carbons (Fsp3) is 0.190. The van der Waals surface area contributed by atoms with Crippen molar-refractivity contribution >= 4 is 39.9 Å². The molecule has 0 bridgehead atoms. The van der Waals surface area contributed by atoms with Crippen molar-refractivity contribution in [3.63, 3.8) is 0 Å². The highest BCUT2D eigenvalue weighted by Crippen LogP contribution is 2.28. The molecule has 4 aromatic rings. The van der Waals surface area contributed by atoms with Crippen molar-refractivity contribution in [3.05, 3.63) is 59.6 Å². The third-order valence-corrected chi connectivity index (χ3v) is 5.95. The molecule has 8 nitrogen and oxygen atoms in total. The third kappa shape index (κ3) is 3.38. The molecule has 1 aliphatic rings. The van der Waals surface area contributed by atoms with Crippen molar-refractivity contribution in [1.29, 1.82) is 0 Å². The Morgan fingerprint density at radius 1 is 1.27 bits per heavy atom. The van der Waals surface area contributed by atoms with E-state index in [2.05, 4.69) is 26.0 Å². The number of hydrogen-bond donors (Lipinski definition) is 4. The first-order valence-corrected chi connectivity index (χ1v) is 10.5. The third-order valence-electron chi connectivity index (χ3n) is 5.06. The summed E-state index contributed by atoms with van der Waals surface area (Å²) >= 11 is 1.56. The highest BCUT2D eigenvalue weighted by Gasteiger charge is 2.27. The van der Waals surface area contributed by atoms with E-state index in [0.29, 0.717) is 17.8 Å². The molecule has 0 radical (unpaired) electrons. The van der Waals surface area contributed by atoms with Crippen LogP contribution in [0.2, 0.25) is 0 Å². The second-order valence-corrected chi connectivity index (χ2v) is 8.23. The van der Waals surface area contributed by atoms with E-state index in [1.54, 1.807) is 22.2 Å². The van der Waals surface area contributed by atoms with Crippen LogP contribution in [0.1, 0.15) is 30.0 Å². The minimum absolute atomic E-state index is 0.00435. The summed E-state index contributed by atoms with van der Waals surface area (Å²) in [5.41, 5.74) is 2.17. The van der Waals surface area contributed by atoms with Gasteiger partial charge < -0.3 is 15.6 Å². The second-order valence-electron chi connectivity index (χ2n) is 7.28. The standard InChI is InChI=1S/C21H20N6O2S/c1-12-9-19(28)25-21(23-12)27-18(10-16(26-27)17-7-4-8-30-17)24-20(29)14-11-22-15-6-3-2-5-13(14)15/h2-8,10-12,21-23H,9H2,1H3,(H,24,29)(H,25,28). The van der Waals surface area contributed by atoms with Gasteiger partial charge in [0, 0.05) is 35.6 Å². The monoisotopic (exact) mass is 420 g/mol. The summed E-state index contributed by atoms with van der Waals surface area (Å²) in [7, 11) is 0. The Morgan fingerprint density at radius 2 is 2.13 bits per heavy atom. The van der Waals surface area contributed by atoms with Crippen LogP contribution in [0.25, 0.3) is 21.5 Å². The van der Waals surface area contributed by atoms with E-state index in [1.807, 2.05) is 54.8 Å². The number of hydrogen-bond acceptors (Lipinski definition) is 5. The second kappa shape index (κ2) is 7.43. The molecule has 0 aliphatic carbocycles. The minimum atomic E-state index is -0.548. The number of nitrogens with one attached hydrogen (secondary N) is 4. The number of thiophene rings is 1. The first-order chi connectivity index (χ1) is 14.6. The van der Waals surface area contributed by atoms with E-state index < -0.39 is 6.29 Å². The van der Waals surface area contributed by atoms with E-state index in [4.69, 9.17) is 0 Å². The molecule has 2 amide bonds. The van der Waals surface area contributed by atoms with Crippen molar-refractivity contribution in [2.24, 2.45) is 0 Å². The molecule has 4 heterocycles. The Bertz CT molecular complexity index is 1230. The molecular weight excluding hydrogens is 400 g/mol. The van der Waals surface area contributed by atoms with Crippen molar-refractivity contribution in [1.82, 2.24) is 25.4 Å². The molecule has 5 rings (SSSR count). The summed E-state index contributed by atoms with van der Waals surface area (Å²) in [5, 5.41) is 16.7. The number of nitrogens with zero attached hydrogens (tertiary/aromatic N) is 2. The lowest BCUT2D eigenvalue weighted by molar-refractivity contribution is -0.125. The van der Waals surface area contributed by atoms with Gasteiger partial charge in [-0.15, -0.1) is 11.3 Å². The zero-order valence-electron chi connectivity index (χ0n) is 16.2. The molecule has 0 spiro atoms. The first-order valence-electron chi connectivity index (χ1n) is 9.65. The quantitative estimate of drug-likeness (QED) is 0.407. The lowest BCUT2D eigenvalue weighted by atomic mass is 10.1. The SMILES string of the molecule is CC1CC(=O)NC(n2nc(-c3cccs3)cc2NC(=O)c2c[nH]c3ccccc23)N1. The molecule has 4 N–H and O–H groups in total. The number of para-hydroxylation sites is 1. The number of aromatic nitrogens is 3. The molecule has 1 aliphatic heterocycles. The molecule has 1 aromatic carbocycles. The van der Waals surface area contributed by atoms with Gasteiger partial charge in [0.1, 0.15) is 11.5 Å². The van der Waals surface area contributed by atoms with E-state index in [1.165, 1.54) is 0 Å². The van der Waals surface area contributed by atoms with E-state index in [-0.39, 0.29) is 17.9 Å². The Labute approximate surface area is 176 Å². The highest BCUT2D eigenvalue weighted by molar-refractivity contribution is 7.13. The summed E-state index contributed by atoms with van der Waals surface area (Å²) in [4.78, 5) is 29.2. The highest BCUT2D eigenvalue weighted by atomic mass is 32.1. The van der Waals surface area contributed by atoms with E-state index in [0.717, 1.165) is 21.5 Å². The lowest BCUT2D eigenvalue weighted by Gasteiger charge is -2.30. The van der Waals surface area contributed by atoms with Gasteiger partial charge in [0.25, 0.3) is 5.91 Å². The van der Waals surface area contributed by atoms with Crippen molar-refractivity contribution < 1.29 is 9.59 Å². The summed E-state index contributed by atoms with van der Waals surface area (Å²) in [5.74, 6) is 0.190. The van der Waals surface area contributed by atoms with Gasteiger partial charge in [-0.1, -0.05) is 24.3 Å². The Kier molecular flexibility index (Phi) is 4.61. The molecule has 9 heteroatoms. The predicted octanol–water partition coefficient (Wildman–Crippen LogP) is 3.30. The van der Waals surface area contributed by atoms with Gasteiger partial charge >= 0.3 is 0 Å². The summed E-state index contributed by atoms with van der Waals surface area (Å²) in [6.07, 6.45) is 1.55. The molecule has 30 heavy (non-hydrogen) atoms. The molecule has 2 unspecified atom stereocenters. The van der Waals surface area contributed by atoms with Gasteiger partial charge in [-0.3, -0.25) is 14.9 Å². The van der Waals surface area contributed by atoms with Crippen LogP contribution in [0.3, 0.4) is 0 Å². The van der Waals surface area contributed by atoms with Crippen LogP contribution in [-0.4, -0.2) is 32.6 Å². The maximum atomic E-state index is 13.1. The van der Waals surface area contributed by atoms with Gasteiger partial charge in [-0.25, -0.2) is 4.68 Å². The van der Waals surface area contributed by atoms with Crippen LogP contribution in [0.4, 0.5) is 5.82 Å². The minimum Gasteiger partial charge on any atom is -0.360 e. The topological polar surface area (TPSA) is 104 Å². The van der Waals surface area contributed by atoms with Gasteiger partial charge in [-0.05, 0) is 24.4 Å². The smallest absolute Gasteiger partial charge is 0.258 e. The number of benzene rings is 1. The lowest BCUT2D eigenvalue weighted by Crippen LogP contribution is -2.52. The van der Waals surface area contributed by atoms with Crippen LogP contribution < -0.4 is 16.0 Å². The number of fused-ring (bicyclic) bond motifs is 1. The molecule has 1 fully saturated rings. The summed E-state index contributed by atoms with van der Waals surface area (Å²) < 4.78 is 1.62.